The number of hydrogen-bond donors (Lipinski definition) is 0. The quantitative estimate of drug-likeness (QED) is 0.365. The maximum atomic E-state index is 6.56. The van der Waals surface area contributed by atoms with Crippen LogP contribution >= 0.6 is 15.9 Å². The first-order valence-electron chi connectivity index (χ1n) is 11.0. The van der Waals surface area contributed by atoms with Gasteiger partial charge in [0.25, 0.3) is 0 Å². The van der Waals surface area contributed by atoms with Crippen LogP contribution in [0.4, 0.5) is 5.82 Å². The molecule has 1 aliphatic rings. The summed E-state index contributed by atoms with van der Waals surface area (Å²) in [5, 5.41) is 0.961. The van der Waals surface area contributed by atoms with E-state index >= 15 is 0 Å². The number of rotatable bonds is 9. The van der Waals surface area contributed by atoms with Crippen LogP contribution in [0.25, 0.3) is 10.9 Å². The third-order valence-corrected chi connectivity index (χ3v) is 6.54. The van der Waals surface area contributed by atoms with E-state index in [-0.39, 0.29) is 12.2 Å². The highest BCUT2D eigenvalue weighted by molar-refractivity contribution is 9.10. The van der Waals surface area contributed by atoms with E-state index in [9.17, 15) is 0 Å². The predicted octanol–water partition coefficient (Wildman–Crippen LogP) is 5.89. The SMILES string of the molecule is CO[C@@H](C)COc1nc(N(C)C)c2cc(C3CC3)c(Br)c(O[C@@H](C)c3ccccc3)c2n1. The molecule has 2 aromatic carbocycles. The zero-order chi connectivity index (χ0) is 22.8. The van der Waals surface area contributed by atoms with Crippen LogP contribution < -0.4 is 14.4 Å². The van der Waals surface area contributed by atoms with Crippen LogP contribution in [-0.4, -0.2) is 43.9 Å². The van der Waals surface area contributed by atoms with E-state index in [1.165, 1.54) is 18.4 Å². The summed E-state index contributed by atoms with van der Waals surface area (Å²) in [6, 6.07) is 12.7. The molecule has 7 heteroatoms. The Morgan fingerprint density at radius 3 is 2.47 bits per heavy atom. The van der Waals surface area contributed by atoms with Crippen LogP contribution in [-0.2, 0) is 4.74 Å². The molecule has 170 valence electrons. The lowest BCUT2D eigenvalue weighted by Gasteiger charge is -2.22. The number of aromatic nitrogens is 2. The molecule has 6 nitrogen and oxygen atoms in total. The predicted molar refractivity (Wildman–Crippen MR) is 131 cm³/mol. The van der Waals surface area contributed by atoms with Gasteiger partial charge in [-0.1, -0.05) is 30.3 Å². The lowest BCUT2D eigenvalue weighted by Crippen LogP contribution is -2.18. The number of fused-ring (bicyclic) bond motifs is 1. The zero-order valence-corrected chi connectivity index (χ0v) is 20.8. The zero-order valence-electron chi connectivity index (χ0n) is 19.3. The van der Waals surface area contributed by atoms with Gasteiger partial charge in [0.2, 0.25) is 0 Å². The number of nitrogens with zero attached hydrogens (tertiary/aromatic N) is 3. The van der Waals surface area contributed by atoms with Gasteiger partial charge in [0, 0.05) is 26.6 Å². The number of anilines is 1. The van der Waals surface area contributed by atoms with Gasteiger partial charge in [0.15, 0.2) is 5.75 Å². The first kappa shape index (κ1) is 22.8. The first-order valence-corrected chi connectivity index (χ1v) is 11.8. The van der Waals surface area contributed by atoms with Crippen molar-refractivity contribution in [3.63, 3.8) is 0 Å². The fourth-order valence-corrected chi connectivity index (χ4v) is 4.35. The van der Waals surface area contributed by atoms with Crippen LogP contribution in [0.3, 0.4) is 0 Å². The molecule has 0 bridgehead atoms. The number of halogens is 1. The monoisotopic (exact) mass is 499 g/mol. The van der Waals surface area contributed by atoms with Crippen LogP contribution in [0, 0.1) is 0 Å². The van der Waals surface area contributed by atoms with Crippen LogP contribution in [0.5, 0.6) is 11.8 Å². The number of methoxy groups -OCH3 is 1. The Hall–Kier alpha value is -2.38. The molecule has 0 amide bonds. The van der Waals surface area contributed by atoms with E-state index < -0.39 is 0 Å². The van der Waals surface area contributed by atoms with E-state index in [0.29, 0.717) is 18.5 Å². The number of hydrogen-bond acceptors (Lipinski definition) is 6. The fourth-order valence-electron chi connectivity index (χ4n) is 3.63. The van der Waals surface area contributed by atoms with E-state index in [1.807, 2.05) is 44.1 Å². The highest BCUT2D eigenvalue weighted by atomic mass is 79.9. The van der Waals surface area contributed by atoms with Gasteiger partial charge in [-0.15, -0.1) is 0 Å². The molecule has 0 radical (unpaired) electrons. The highest BCUT2D eigenvalue weighted by Crippen LogP contribution is 2.50. The molecule has 0 saturated heterocycles. The van der Waals surface area contributed by atoms with Gasteiger partial charge < -0.3 is 19.1 Å². The van der Waals surface area contributed by atoms with Crippen LogP contribution in [0.15, 0.2) is 40.9 Å². The van der Waals surface area contributed by atoms with E-state index in [0.717, 1.165) is 32.5 Å². The number of benzene rings is 2. The Morgan fingerprint density at radius 2 is 1.84 bits per heavy atom. The second-order valence-corrected chi connectivity index (χ2v) is 9.32. The summed E-state index contributed by atoms with van der Waals surface area (Å²) in [4.78, 5) is 11.5. The van der Waals surface area contributed by atoms with Gasteiger partial charge in [-0.25, -0.2) is 0 Å². The molecular formula is C25H30BrN3O3. The van der Waals surface area contributed by atoms with Crippen molar-refractivity contribution < 1.29 is 14.2 Å². The molecule has 1 heterocycles. The Morgan fingerprint density at radius 1 is 1.12 bits per heavy atom. The Balaban J connectivity index is 1.84. The van der Waals surface area contributed by atoms with Gasteiger partial charge in [-0.2, -0.15) is 9.97 Å². The summed E-state index contributed by atoms with van der Waals surface area (Å²) in [7, 11) is 5.62. The minimum absolute atomic E-state index is 0.0603. The lowest BCUT2D eigenvalue weighted by molar-refractivity contribution is 0.0682. The van der Waals surface area contributed by atoms with Gasteiger partial charge in [-0.05, 0) is 65.7 Å². The molecule has 0 aliphatic heterocycles. The fraction of sp³-hybridized carbons (Fsp3) is 0.440. The summed E-state index contributed by atoms with van der Waals surface area (Å²) in [6.45, 7) is 4.37. The van der Waals surface area contributed by atoms with E-state index in [1.54, 1.807) is 7.11 Å². The van der Waals surface area contributed by atoms with Gasteiger partial charge in [0.1, 0.15) is 24.0 Å². The molecule has 3 aromatic rings. The third-order valence-electron chi connectivity index (χ3n) is 5.73. The Bertz CT molecular complexity index is 1090. The molecular weight excluding hydrogens is 470 g/mol. The van der Waals surface area contributed by atoms with Crippen molar-refractivity contribution >= 4 is 32.7 Å². The van der Waals surface area contributed by atoms with E-state index in [2.05, 4.69) is 41.1 Å². The maximum Gasteiger partial charge on any atom is 0.319 e. The minimum atomic E-state index is -0.138. The molecule has 2 atom stereocenters. The Kier molecular flexibility index (Phi) is 6.86. The molecule has 1 saturated carbocycles. The molecule has 0 spiro atoms. The topological polar surface area (TPSA) is 56.7 Å². The number of ether oxygens (including phenoxy) is 3. The molecule has 32 heavy (non-hydrogen) atoms. The van der Waals surface area contributed by atoms with Crippen molar-refractivity contribution in [2.45, 2.75) is 44.8 Å². The van der Waals surface area contributed by atoms with Crippen LogP contribution in [0.2, 0.25) is 0 Å². The summed E-state index contributed by atoms with van der Waals surface area (Å²) in [5.74, 6) is 2.08. The average molecular weight is 500 g/mol. The van der Waals surface area contributed by atoms with E-state index in [4.69, 9.17) is 24.2 Å². The smallest absolute Gasteiger partial charge is 0.319 e. The van der Waals surface area contributed by atoms with Crippen molar-refractivity contribution in [3.05, 3.63) is 52.0 Å². The Labute approximate surface area is 198 Å². The molecule has 0 unspecified atom stereocenters. The van der Waals surface area contributed by atoms with Crippen molar-refractivity contribution in [2.24, 2.45) is 0 Å². The lowest BCUT2D eigenvalue weighted by atomic mass is 10.1. The van der Waals surface area contributed by atoms with Crippen molar-refractivity contribution in [1.29, 1.82) is 0 Å². The average Bonchev–Trinajstić information content (AvgIpc) is 3.64. The molecule has 0 N–H and O–H groups in total. The first-order chi connectivity index (χ1) is 15.4. The van der Waals surface area contributed by atoms with Gasteiger partial charge >= 0.3 is 6.01 Å². The van der Waals surface area contributed by atoms with Crippen molar-refractivity contribution in [1.82, 2.24) is 9.97 Å². The largest absolute Gasteiger partial charge is 0.483 e. The standard InChI is InChI=1S/C25H30BrN3O3/c1-15(30-5)14-31-25-27-22-20(24(28-25)29(3)4)13-19(18-11-12-18)21(26)23(22)32-16(2)17-9-7-6-8-10-17/h6-10,13,15-16,18H,11-12,14H2,1-5H3/t15-,16-/m0/s1. The maximum absolute atomic E-state index is 6.56. The van der Waals surface area contributed by atoms with Crippen LogP contribution in [0.1, 0.15) is 49.8 Å². The minimum Gasteiger partial charge on any atom is -0.483 e. The molecule has 1 aromatic heterocycles. The second-order valence-electron chi connectivity index (χ2n) is 8.53. The van der Waals surface area contributed by atoms with Crippen molar-refractivity contribution in [2.75, 3.05) is 32.7 Å². The van der Waals surface area contributed by atoms with Gasteiger partial charge in [0.05, 0.1) is 10.6 Å². The summed E-state index contributed by atoms with van der Waals surface area (Å²) < 4.78 is 18.7. The summed E-state index contributed by atoms with van der Waals surface area (Å²) in [6.07, 6.45) is 2.17. The summed E-state index contributed by atoms with van der Waals surface area (Å²) >= 11 is 3.84. The van der Waals surface area contributed by atoms with Crippen molar-refractivity contribution in [3.8, 4) is 11.8 Å². The highest BCUT2D eigenvalue weighted by Gasteiger charge is 2.30. The summed E-state index contributed by atoms with van der Waals surface area (Å²) in [5.41, 5.74) is 3.10. The molecule has 4 rings (SSSR count). The molecule has 1 aliphatic carbocycles. The normalized spacial score (nSPS) is 15.4. The third kappa shape index (κ3) is 4.84. The molecule has 1 fully saturated rings. The van der Waals surface area contributed by atoms with Gasteiger partial charge in [-0.3, -0.25) is 0 Å². The second kappa shape index (κ2) is 9.63.